The second-order valence-electron chi connectivity index (χ2n) is 4.55. The van der Waals surface area contributed by atoms with Crippen LogP contribution in [-0.4, -0.2) is 11.6 Å². The first-order chi connectivity index (χ1) is 8.42. The molecule has 0 unspecified atom stereocenters. The van der Waals surface area contributed by atoms with Crippen LogP contribution in [-0.2, 0) is 12.8 Å². The van der Waals surface area contributed by atoms with Crippen LogP contribution >= 0.6 is 0 Å². The molecule has 1 atom stereocenters. The molecule has 2 heteroatoms. The molecule has 3 rings (SSSR count). The molecular formula is C15H15NO. The average Bonchev–Trinajstić information content (AvgIpc) is 2.40. The van der Waals surface area contributed by atoms with Crippen LogP contribution in [0.1, 0.15) is 11.1 Å². The first-order valence-corrected chi connectivity index (χ1v) is 6.01. The fourth-order valence-corrected chi connectivity index (χ4v) is 2.37. The van der Waals surface area contributed by atoms with Crippen molar-refractivity contribution in [3.63, 3.8) is 0 Å². The fraction of sp³-hybridized carbons (Fsp3) is 0.267. The summed E-state index contributed by atoms with van der Waals surface area (Å²) in [6.07, 6.45) is 5.88. The molecule has 17 heavy (non-hydrogen) atoms. The molecule has 1 aromatic heterocycles. The van der Waals surface area contributed by atoms with Gasteiger partial charge >= 0.3 is 0 Å². The Morgan fingerprint density at radius 3 is 2.82 bits per heavy atom. The lowest BCUT2D eigenvalue weighted by molar-refractivity contribution is 0.221. The molecule has 0 bridgehead atoms. The molecule has 0 saturated heterocycles. The van der Waals surface area contributed by atoms with E-state index in [9.17, 15) is 0 Å². The Balaban J connectivity index is 1.72. The van der Waals surface area contributed by atoms with Crippen LogP contribution in [0.15, 0.2) is 48.8 Å². The van der Waals surface area contributed by atoms with E-state index in [0.29, 0.717) is 5.92 Å². The van der Waals surface area contributed by atoms with Crippen molar-refractivity contribution in [2.45, 2.75) is 12.8 Å². The molecule has 2 aromatic rings. The predicted molar refractivity (Wildman–Crippen MR) is 67.1 cm³/mol. The molecule has 0 N–H and O–H groups in total. The van der Waals surface area contributed by atoms with Gasteiger partial charge in [-0.05, 0) is 42.2 Å². The smallest absolute Gasteiger partial charge is 0.122 e. The minimum atomic E-state index is 0.576. The van der Waals surface area contributed by atoms with Crippen molar-refractivity contribution < 1.29 is 4.74 Å². The highest BCUT2D eigenvalue weighted by Crippen LogP contribution is 2.28. The molecule has 0 aliphatic carbocycles. The van der Waals surface area contributed by atoms with Gasteiger partial charge < -0.3 is 4.74 Å². The number of fused-ring (bicyclic) bond motifs is 1. The Labute approximate surface area is 101 Å². The lowest BCUT2D eigenvalue weighted by Crippen LogP contribution is -2.22. The molecule has 0 spiro atoms. The van der Waals surface area contributed by atoms with Gasteiger partial charge in [-0.3, -0.25) is 4.98 Å². The van der Waals surface area contributed by atoms with Crippen molar-refractivity contribution in [2.75, 3.05) is 6.61 Å². The molecular weight excluding hydrogens is 210 g/mol. The number of rotatable bonds is 2. The van der Waals surface area contributed by atoms with E-state index < -0.39 is 0 Å². The second kappa shape index (κ2) is 4.58. The molecule has 0 saturated carbocycles. The quantitative estimate of drug-likeness (QED) is 0.784. The normalized spacial score (nSPS) is 18.2. The Bertz CT molecular complexity index is 495. The molecule has 1 aromatic carbocycles. The van der Waals surface area contributed by atoms with Gasteiger partial charge in [-0.15, -0.1) is 0 Å². The second-order valence-corrected chi connectivity index (χ2v) is 4.55. The average molecular weight is 225 g/mol. The number of hydrogen-bond donors (Lipinski definition) is 0. The summed E-state index contributed by atoms with van der Waals surface area (Å²) in [5.74, 6) is 1.63. The molecule has 86 valence electrons. The molecule has 1 aliphatic heterocycles. The van der Waals surface area contributed by atoms with E-state index in [1.165, 1.54) is 11.1 Å². The summed E-state index contributed by atoms with van der Waals surface area (Å²) < 4.78 is 5.79. The topological polar surface area (TPSA) is 22.1 Å². The van der Waals surface area contributed by atoms with Gasteiger partial charge in [0.15, 0.2) is 0 Å². The Kier molecular flexibility index (Phi) is 2.78. The van der Waals surface area contributed by atoms with E-state index in [-0.39, 0.29) is 0 Å². The molecule has 0 amide bonds. The molecule has 0 fully saturated rings. The molecule has 2 nitrogen and oxygen atoms in total. The van der Waals surface area contributed by atoms with Gasteiger partial charge in [0, 0.05) is 18.3 Å². The maximum atomic E-state index is 5.79. The van der Waals surface area contributed by atoms with Crippen LogP contribution in [0.25, 0.3) is 0 Å². The number of benzene rings is 1. The van der Waals surface area contributed by atoms with Gasteiger partial charge in [0.25, 0.3) is 0 Å². The Morgan fingerprint density at radius 2 is 1.94 bits per heavy atom. The van der Waals surface area contributed by atoms with E-state index in [4.69, 9.17) is 4.74 Å². The maximum Gasteiger partial charge on any atom is 0.122 e. The van der Waals surface area contributed by atoms with E-state index in [0.717, 1.165) is 25.2 Å². The van der Waals surface area contributed by atoms with E-state index >= 15 is 0 Å². The van der Waals surface area contributed by atoms with Crippen molar-refractivity contribution >= 4 is 0 Å². The number of hydrogen-bond acceptors (Lipinski definition) is 2. The monoisotopic (exact) mass is 225 g/mol. The lowest BCUT2D eigenvalue weighted by Gasteiger charge is -2.25. The van der Waals surface area contributed by atoms with Crippen LogP contribution in [0.3, 0.4) is 0 Å². The number of para-hydroxylation sites is 1. The fourth-order valence-electron chi connectivity index (χ4n) is 2.37. The maximum absolute atomic E-state index is 5.79. The number of aromatic nitrogens is 1. The standard InChI is InChI=1S/C15H15NO/c1-2-4-15-14(3-1)10-13(11-17-15)9-12-5-7-16-8-6-12/h1-8,13H,9-11H2/t13-/m0/s1. The van der Waals surface area contributed by atoms with Gasteiger partial charge in [0.05, 0.1) is 6.61 Å². The highest BCUT2D eigenvalue weighted by atomic mass is 16.5. The summed E-state index contributed by atoms with van der Waals surface area (Å²) in [5, 5.41) is 0. The largest absolute Gasteiger partial charge is 0.493 e. The summed E-state index contributed by atoms with van der Waals surface area (Å²) in [5.41, 5.74) is 2.67. The predicted octanol–water partition coefficient (Wildman–Crippen LogP) is 2.88. The third-order valence-corrected chi connectivity index (χ3v) is 3.23. The van der Waals surface area contributed by atoms with Crippen LogP contribution in [0, 0.1) is 5.92 Å². The Hall–Kier alpha value is -1.83. The third-order valence-electron chi connectivity index (χ3n) is 3.23. The lowest BCUT2D eigenvalue weighted by atomic mass is 9.91. The summed E-state index contributed by atoms with van der Waals surface area (Å²) in [6, 6.07) is 12.5. The van der Waals surface area contributed by atoms with Crippen molar-refractivity contribution in [1.82, 2.24) is 4.98 Å². The van der Waals surface area contributed by atoms with Crippen molar-refractivity contribution in [1.29, 1.82) is 0 Å². The van der Waals surface area contributed by atoms with Crippen molar-refractivity contribution in [3.8, 4) is 5.75 Å². The molecule has 1 aliphatic rings. The third kappa shape index (κ3) is 2.31. The summed E-state index contributed by atoms with van der Waals surface area (Å²) in [6.45, 7) is 0.819. The Morgan fingerprint density at radius 1 is 1.12 bits per heavy atom. The minimum absolute atomic E-state index is 0.576. The van der Waals surface area contributed by atoms with Crippen LogP contribution < -0.4 is 4.74 Å². The first kappa shape index (κ1) is 10.3. The highest BCUT2D eigenvalue weighted by molar-refractivity contribution is 5.35. The summed E-state index contributed by atoms with van der Waals surface area (Å²) in [4.78, 5) is 4.04. The van der Waals surface area contributed by atoms with Gasteiger partial charge in [0.2, 0.25) is 0 Å². The highest BCUT2D eigenvalue weighted by Gasteiger charge is 2.19. The molecule has 2 heterocycles. The van der Waals surface area contributed by atoms with Gasteiger partial charge in [0.1, 0.15) is 5.75 Å². The molecule has 0 radical (unpaired) electrons. The zero-order valence-electron chi connectivity index (χ0n) is 9.67. The SMILES string of the molecule is c1ccc2c(c1)C[C@H](Cc1ccncc1)CO2. The van der Waals surface area contributed by atoms with Gasteiger partial charge in [-0.1, -0.05) is 18.2 Å². The van der Waals surface area contributed by atoms with E-state index in [1.54, 1.807) is 0 Å². The van der Waals surface area contributed by atoms with Crippen molar-refractivity contribution in [2.24, 2.45) is 5.92 Å². The zero-order valence-corrected chi connectivity index (χ0v) is 9.67. The van der Waals surface area contributed by atoms with E-state index in [2.05, 4.69) is 35.3 Å². The number of nitrogens with zero attached hydrogens (tertiary/aromatic N) is 1. The van der Waals surface area contributed by atoms with Crippen LogP contribution in [0.5, 0.6) is 5.75 Å². The van der Waals surface area contributed by atoms with Crippen LogP contribution in [0.4, 0.5) is 0 Å². The number of pyridine rings is 1. The number of ether oxygens (including phenoxy) is 1. The summed E-state index contributed by atoms with van der Waals surface area (Å²) in [7, 11) is 0. The summed E-state index contributed by atoms with van der Waals surface area (Å²) >= 11 is 0. The zero-order chi connectivity index (χ0) is 11.5. The van der Waals surface area contributed by atoms with Crippen LogP contribution in [0.2, 0.25) is 0 Å². The van der Waals surface area contributed by atoms with E-state index in [1.807, 2.05) is 18.5 Å². The van der Waals surface area contributed by atoms with Crippen molar-refractivity contribution in [3.05, 3.63) is 59.9 Å². The van der Waals surface area contributed by atoms with Gasteiger partial charge in [-0.2, -0.15) is 0 Å². The minimum Gasteiger partial charge on any atom is -0.493 e. The van der Waals surface area contributed by atoms with Gasteiger partial charge in [-0.25, -0.2) is 0 Å². The first-order valence-electron chi connectivity index (χ1n) is 6.01.